The molecular weight excluding hydrogens is 470 g/mol. The summed E-state index contributed by atoms with van der Waals surface area (Å²) in [5, 5.41) is 15.8. The Morgan fingerprint density at radius 1 is 0.833 bits per heavy atom. The first-order chi connectivity index (χ1) is 17.1. The molecule has 11 nitrogen and oxygen atoms in total. The molecule has 0 saturated carbocycles. The molecule has 2 aromatic rings. The normalized spacial score (nSPS) is 14.0. The molecule has 0 heterocycles. The predicted molar refractivity (Wildman–Crippen MR) is 127 cm³/mol. The molecule has 0 spiro atoms. The summed E-state index contributed by atoms with van der Waals surface area (Å²) in [5.41, 5.74) is 6.15. The van der Waals surface area contributed by atoms with E-state index < -0.39 is 59.7 Å². The van der Waals surface area contributed by atoms with Crippen molar-refractivity contribution in [3.63, 3.8) is 0 Å². The number of carbonyl (C=O) groups is 5. The topological polar surface area (TPSA) is 174 Å². The van der Waals surface area contributed by atoms with Crippen molar-refractivity contribution in [2.75, 3.05) is 14.2 Å². The lowest BCUT2D eigenvalue weighted by molar-refractivity contribution is -0.162. The van der Waals surface area contributed by atoms with Gasteiger partial charge in [0, 0.05) is 11.5 Å². The van der Waals surface area contributed by atoms with E-state index in [2.05, 4.69) is 20.1 Å². The Labute approximate surface area is 208 Å². The Bertz CT molecular complexity index is 1060. The van der Waals surface area contributed by atoms with E-state index in [9.17, 15) is 29.1 Å². The van der Waals surface area contributed by atoms with Gasteiger partial charge in [0.05, 0.1) is 20.3 Å². The number of methoxy groups -OCH3 is 2. The number of primary amides is 1. The lowest BCUT2D eigenvalue weighted by Crippen LogP contribution is -2.56. The SMILES string of the molecule is COC(=O)C(C(=O)OC)[C@H](C)[C@@H](NC(=O)[C@H](O)[C@@H](NC(=O)c1ccccc1)c1ccccc1)C(N)=O. The Hall–Kier alpha value is -4.25. The fourth-order valence-electron chi connectivity index (χ4n) is 3.64. The van der Waals surface area contributed by atoms with Crippen LogP contribution in [0, 0.1) is 11.8 Å². The van der Waals surface area contributed by atoms with Gasteiger partial charge < -0.3 is 30.9 Å². The number of hydrogen-bond acceptors (Lipinski definition) is 8. The number of ether oxygens (including phenoxy) is 2. The predicted octanol–water partition coefficient (Wildman–Crippen LogP) is 0.0870. The smallest absolute Gasteiger partial charge is 0.320 e. The van der Waals surface area contributed by atoms with Crippen molar-refractivity contribution >= 4 is 29.7 Å². The van der Waals surface area contributed by atoms with Crippen LogP contribution in [0.5, 0.6) is 0 Å². The maximum Gasteiger partial charge on any atom is 0.320 e. The number of rotatable bonds is 11. The Balaban J connectivity index is 2.32. The van der Waals surface area contributed by atoms with Crippen LogP contribution in [0.3, 0.4) is 0 Å². The van der Waals surface area contributed by atoms with E-state index in [0.29, 0.717) is 11.1 Å². The minimum Gasteiger partial charge on any atom is -0.468 e. The van der Waals surface area contributed by atoms with Gasteiger partial charge in [0.2, 0.25) is 5.91 Å². The van der Waals surface area contributed by atoms with Gasteiger partial charge in [-0.25, -0.2) is 0 Å². The third-order valence-corrected chi connectivity index (χ3v) is 5.63. The number of hydrogen-bond donors (Lipinski definition) is 4. The number of nitrogens with one attached hydrogen (secondary N) is 2. The van der Waals surface area contributed by atoms with Crippen LogP contribution in [0.15, 0.2) is 60.7 Å². The summed E-state index contributed by atoms with van der Waals surface area (Å²) < 4.78 is 9.24. The summed E-state index contributed by atoms with van der Waals surface area (Å²) >= 11 is 0. The molecule has 3 amide bonds. The third-order valence-electron chi connectivity index (χ3n) is 5.63. The van der Waals surface area contributed by atoms with Crippen LogP contribution < -0.4 is 16.4 Å². The largest absolute Gasteiger partial charge is 0.468 e. The molecule has 2 aromatic carbocycles. The lowest BCUT2D eigenvalue weighted by Gasteiger charge is -2.29. The lowest BCUT2D eigenvalue weighted by atomic mass is 9.86. The summed E-state index contributed by atoms with van der Waals surface area (Å²) in [7, 11) is 2.10. The number of carbonyl (C=O) groups excluding carboxylic acids is 5. The molecule has 4 atom stereocenters. The first-order valence-corrected chi connectivity index (χ1v) is 11.0. The molecule has 11 heteroatoms. The maximum absolute atomic E-state index is 13.0. The molecule has 0 aromatic heterocycles. The number of amides is 3. The summed E-state index contributed by atoms with van der Waals surface area (Å²) in [6.45, 7) is 1.33. The molecule has 0 aliphatic rings. The monoisotopic (exact) mass is 499 g/mol. The fourth-order valence-corrected chi connectivity index (χ4v) is 3.64. The zero-order valence-electron chi connectivity index (χ0n) is 20.0. The number of esters is 2. The van der Waals surface area contributed by atoms with Crippen LogP contribution in [0.1, 0.15) is 28.9 Å². The Morgan fingerprint density at radius 3 is 1.81 bits per heavy atom. The van der Waals surface area contributed by atoms with Gasteiger partial charge in [-0.2, -0.15) is 0 Å². The molecule has 36 heavy (non-hydrogen) atoms. The van der Waals surface area contributed by atoms with Crippen LogP contribution in [-0.4, -0.2) is 61.1 Å². The highest BCUT2D eigenvalue weighted by atomic mass is 16.5. The van der Waals surface area contributed by atoms with E-state index in [1.165, 1.54) is 6.92 Å². The van der Waals surface area contributed by atoms with Crippen molar-refractivity contribution in [3.05, 3.63) is 71.8 Å². The number of nitrogens with two attached hydrogens (primary N) is 1. The van der Waals surface area contributed by atoms with Crippen molar-refractivity contribution in [2.45, 2.75) is 25.1 Å². The second-order valence-corrected chi connectivity index (χ2v) is 7.94. The molecule has 0 fully saturated rings. The average Bonchev–Trinajstić information content (AvgIpc) is 2.90. The number of aliphatic hydroxyl groups is 1. The molecule has 0 unspecified atom stereocenters. The highest BCUT2D eigenvalue weighted by Gasteiger charge is 2.42. The van der Waals surface area contributed by atoms with E-state index in [1.54, 1.807) is 60.7 Å². The molecule has 0 aliphatic carbocycles. The Kier molecular flexibility index (Phi) is 10.1. The highest BCUT2D eigenvalue weighted by Crippen LogP contribution is 2.22. The first kappa shape index (κ1) is 28.0. The second kappa shape index (κ2) is 13.0. The van der Waals surface area contributed by atoms with E-state index in [4.69, 9.17) is 5.73 Å². The van der Waals surface area contributed by atoms with Gasteiger partial charge in [-0.15, -0.1) is 0 Å². The summed E-state index contributed by atoms with van der Waals surface area (Å²) in [6, 6.07) is 13.7. The zero-order chi connectivity index (χ0) is 26.8. The Morgan fingerprint density at radius 2 is 1.33 bits per heavy atom. The van der Waals surface area contributed by atoms with Crippen molar-refractivity contribution in [1.82, 2.24) is 10.6 Å². The average molecular weight is 500 g/mol. The first-order valence-electron chi connectivity index (χ1n) is 11.0. The molecule has 0 aliphatic heterocycles. The summed E-state index contributed by atoms with van der Waals surface area (Å²) in [5.74, 6) is -7.43. The van der Waals surface area contributed by atoms with Crippen molar-refractivity contribution < 1.29 is 38.6 Å². The highest BCUT2D eigenvalue weighted by molar-refractivity contribution is 5.97. The quantitative estimate of drug-likeness (QED) is 0.248. The fraction of sp³-hybridized carbons (Fsp3) is 0.320. The van der Waals surface area contributed by atoms with Gasteiger partial charge in [0.1, 0.15) is 6.04 Å². The summed E-state index contributed by atoms with van der Waals surface area (Å²) in [6.07, 6.45) is -1.87. The molecule has 0 saturated heterocycles. The maximum atomic E-state index is 13.0. The van der Waals surface area contributed by atoms with Gasteiger partial charge >= 0.3 is 11.9 Å². The zero-order valence-corrected chi connectivity index (χ0v) is 20.0. The molecule has 192 valence electrons. The molecule has 5 N–H and O–H groups in total. The van der Waals surface area contributed by atoms with E-state index in [0.717, 1.165) is 14.2 Å². The van der Waals surface area contributed by atoms with Crippen LogP contribution in [0.2, 0.25) is 0 Å². The van der Waals surface area contributed by atoms with Gasteiger partial charge in [-0.1, -0.05) is 55.5 Å². The second-order valence-electron chi connectivity index (χ2n) is 7.94. The van der Waals surface area contributed by atoms with E-state index in [1.807, 2.05) is 0 Å². The minimum absolute atomic E-state index is 0.300. The van der Waals surface area contributed by atoms with E-state index >= 15 is 0 Å². The standard InChI is InChI=1S/C25H29N3O8/c1-14(17(24(33)35-2)25(34)36-3)18(21(26)30)27-23(32)20(29)19(15-10-6-4-7-11-15)28-22(31)16-12-8-5-9-13-16/h4-14,17-20,29H,1-3H3,(H2,26,30)(H,27,32)(H,28,31)/t14-,18+,19-,20+/m0/s1. The van der Waals surface area contributed by atoms with Crippen molar-refractivity contribution in [1.29, 1.82) is 0 Å². The van der Waals surface area contributed by atoms with Crippen LogP contribution in [-0.2, 0) is 28.7 Å². The molecular formula is C25H29N3O8. The number of aliphatic hydroxyl groups excluding tert-OH is 1. The molecule has 2 rings (SSSR count). The van der Waals surface area contributed by atoms with Gasteiger partial charge in [0.25, 0.3) is 11.8 Å². The number of benzene rings is 2. The van der Waals surface area contributed by atoms with Gasteiger partial charge in [-0.05, 0) is 17.7 Å². The van der Waals surface area contributed by atoms with Gasteiger partial charge in [0.15, 0.2) is 12.0 Å². The van der Waals surface area contributed by atoms with Crippen LogP contribution in [0.4, 0.5) is 0 Å². The summed E-state index contributed by atoms with van der Waals surface area (Å²) in [4.78, 5) is 62.3. The van der Waals surface area contributed by atoms with Crippen molar-refractivity contribution in [2.24, 2.45) is 17.6 Å². The van der Waals surface area contributed by atoms with E-state index in [-0.39, 0.29) is 0 Å². The van der Waals surface area contributed by atoms with Crippen molar-refractivity contribution in [3.8, 4) is 0 Å². The van der Waals surface area contributed by atoms with Crippen LogP contribution in [0.25, 0.3) is 0 Å². The van der Waals surface area contributed by atoms with Gasteiger partial charge in [-0.3, -0.25) is 24.0 Å². The van der Waals surface area contributed by atoms with Crippen LogP contribution >= 0.6 is 0 Å². The minimum atomic E-state index is -1.87. The third kappa shape index (κ3) is 6.89. The molecule has 0 bridgehead atoms. The molecule has 0 radical (unpaired) electrons.